The second kappa shape index (κ2) is 9.64. The predicted octanol–water partition coefficient (Wildman–Crippen LogP) is 5.14. The molecule has 11 heteroatoms. The van der Waals surface area contributed by atoms with Gasteiger partial charge >= 0.3 is 12.1 Å². The number of benzene rings is 1. The number of carbonyl (C=O) groups is 1. The van der Waals surface area contributed by atoms with Gasteiger partial charge in [-0.15, -0.1) is 11.3 Å². The fraction of sp³-hybridized carbons (Fsp3) is 0.192. The van der Waals surface area contributed by atoms with Crippen molar-refractivity contribution in [3.63, 3.8) is 0 Å². The molecule has 0 N–H and O–H groups in total. The number of fused-ring (bicyclic) bond motifs is 1. The van der Waals surface area contributed by atoms with E-state index in [2.05, 4.69) is 4.99 Å². The van der Waals surface area contributed by atoms with Crippen molar-refractivity contribution in [2.45, 2.75) is 26.1 Å². The van der Waals surface area contributed by atoms with Crippen molar-refractivity contribution < 1.29 is 27.1 Å². The molecule has 1 unspecified atom stereocenters. The van der Waals surface area contributed by atoms with E-state index >= 15 is 0 Å². The maximum atomic E-state index is 13.5. The first-order valence-electron chi connectivity index (χ1n) is 11.2. The molecular weight excluding hydrogens is 525 g/mol. The van der Waals surface area contributed by atoms with Crippen LogP contribution in [0.5, 0.6) is 0 Å². The van der Waals surface area contributed by atoms with Gasteiger partial charge in [0.05, 0.1) is 28.0 Å². The van der Waals surface area contributed by atoms with Crippen molar-refractivity contribution in [2.75, 3.05) is 6.61 Å². The molecule has 0 saturated carbocycles. The molecule has 3 aromatic heterocycles. The highest BCUT2D eigenvalue weighted by molar-refractivity contribution is 7.10. The van der Waals surface area contributed by atoms with Crippen molar-refractivity contribution in [2.24, 2.45) is 4.99 Å². The number of hydrogen-bond acceptors (Lipinski definition) is 7. The molecule has 1 aromatic carbocycles. The van der Waals surface area contributed by atoms with Crippen molar-refractivity contribution in [3.8, 4) is 11.3 Å². The van der Waals surface area contributed by atoms with Crippen LogP contribution in [-0.4, -0.2) is 17.1 Å². The quantitative estimate of drug-likeness (QED) is 0.326. The third-order valence-electron chi connectivity index (χ3n) is 5.70. The Labute approximate surface area is 216 Å². The first-order chi connectivity index (χ1) is 17.7. The number of thiophene rings is 1. The lowest BCUT2D eigenvalue weighted by atomic mass is 10.0. The number of allylic oxidation sites excluding steroid dienone is 1. The minimum absolute atomic E-state index is 0.184. The zero-order chi connectivity index (χ0) is 26.3. The molecule has 190 valence electrons. The first kappa shape index (κ1) is 25.0. The number of thiazole rings is 1. The molecular formula is C26H19F3N2O4S2. The SMILES string of the molecule is CCOC(=O)C1=C(C)N=c2s/c(=C\c3ccc(-c4cccc(C(F)(F)F)c4)o3)c(=O)n2C1c1cccs1. The van der Waals surface area contributed by atoms with E-state index in [1.165, 1.54) is 34.1 Å². The van der Waals surface area contributed by atoms with E-state index in [0.717, 1.165) is 28.3 Å². The maximum absolute atomic E-state index is 13.5. The molecule has 1 aliphatic heterocycles. The Balaban J connectivity index is 1.58. The summed E-state index contributed by atoms with van der Waals surface area (Å²) in [4.78, 5) is 32.1. The Morgan fingerprint density at radius 3 is 2.73 bits per heavy atom. The average Bonchev–Trinajstić information content (AvgIpc) is 3.60. The van der Waals surface area contributed by atoms with E-state index < -0.39 is 23.8 Å². The summed E-state index contributed by atoms with van der Waals surface area (Å²) in [6.45, 7) is 3.60. The zero-order valence-electron chi connectivity index (χ0n) is 19.5. The molecule has 0 spiro atoms. The molecule has 1 atom stereocenters. The van der Waals surface area contributed by atoms with Gasteiger partial charge in [0.25, 0.3) is 5.56 Å². The highest BCUT2D eigenvalue weighted by Crippen LogP contribution is 2.34. The Morgan fingerprint density at radius 1 is 1.22 bits per heavy atom. The lowest BCUT2D eigenvalue weighted by Gasteiger charge is -2.23. The smallest absolute Gasteiger partial charge is 0.416 e. The number of rotatable bonds is 5. The summed E-state index contributed by atoms with van der Waals surface area (Å²) in [6.07, 6.45) is -2.95. The van der Waals surface area contributed by atoms with Crippen LogP contribution < -0.4 is 14.9 Å². The lowest BCUT2D eigenvalue weighted by Crippen LogP contribution is -2.39. The number of carbonyl (C=O) groups excluding carboxylic acids is 1. The summed E-state index contributed by atoms with van der Waals surface area (Å²) in [7, 11) is 0. The second-order valence-electron chi connectivity index (χ2n) is 8.10. The topological polar surface area (TPSA) is 73.8 Å². The highest BCUT2D eigenvalue weighted by atomic mass is 32.1. The standard InChI is InChI=1S/C26H19F3N2O4S2/c1-3-34-24(33)21-14(2)30-25-31(22(21)19-8-5-11-36-19)23(32)20(37-25)13-17-9-10-18(35-17)15-6-4-7-16(12-15)26(27,28)29/h4-13,22H,3H2,1-2H3/b20-13-. The van der Waals surface area contributed by atoms with Gasteiger partial charge in [-0.2, -0.15) is 13.2 Å². The highest BCUT2D eigenvalue weighted by Gasteiger charge is 2.34. The van der Waals surface area contributed by atoms with E-state index in [1.54, 1.807) is 26.0 Å². The van der Waals surface area contributed by atoms with Crippen LogP contribution in [0.3, 0.4) is 0 Å². The molecule has 0 radical (unpaired) electrons. The zero-order valence-corrected chi connectivity index (χ0v) is 21.2. The molecule has 0 amide bonds. The van der Waals surface area contributed by atoms with Gasteiger partial charge in [0.15, 0.2) is 4.80 Å². The molecule has 1 aliphatic rings. The number of nitrogens with zero attached hydrogens (tertiary/aromatic N) is 2. The van der Waals surface area contributed by atoms with Crippen molar-refractivity contribution in [3.05, 3.63) is 101 Å². The third kappa shape index (κ3) is 4.72. The van der Waals surface area contributed by atoms with E-state index in [9.17, 15) is 22.8 Å². The van der Waals surface area contributed by atoms with E-state index in [1.807, 2.05) is 17.5 Å². The van der Waals surface area contributed by atoms with Crippen LogP contribution in [0.25, 0.3) is 17.4 Å². The Bertz CT molecular complexity index is 1690. The number of ether oxygens (including phenoxy) is 1. The maximum Gasteiger partial charge on any atom is 0.416 e. The van der Waals surface area contributed by atoms with Gasteiger partial charge < -0.3 is 9.15 Å². The van der Waals surface area contributed by atoms with Gasteiger partial charge in [-0.3, -0.25) is 9.36 Å². The van der Waals surface area contributed by atoms with Crippen LogP contribution in [0.2, 0.25) is 0 Å². The van der Waals surface area contributed by atoms with Crippen LogP contribution in [0.4, 0.5) is 13.2 Å². The molecule has 0 bridgehead atoms. The molecule has 0 saturated heterocycles. The van der Waals surface area contributed by atoms with Crippen LogP contribution >= 0.6 is 22.7 Å². The predicted molar refractivity (Wildman–Crippen MR) is 134 cm³/mol. The van der Waals surface area contributed by atoms with Gasteiger partial charge in [0, 0.05) is 16.5 Å². The van der Waals surface area contributed by atoms with Crippen LogP contribution in [0, 0.1) is 0 Å². The molecule has 4 aromatic rings. The second-order valence-corrected chi connectivity index (χ2v) is 10.1. The van der Waals surface area contributed by atoms with Crippen LogP contribution in [0.15, 0.2) is 79.4 Å². The Hall–Kier alpha value is -3.70. The summed E-state index contributed by atoms with van der Waals surface area (Å²) >= 11 is 2.55. The summed E-state index contributed by atoms with van der Waals surface area (Å²) in [5.74, 6) is 0.00176. The summed E-state index contributed by atoms with van der Waals surface area (Å²) in [5, 5.41) is 1.86. The molecule has 4 heterocycles. The molecule has 0 fully saturated rings. The van der Waals surface area contributed by atoms with Gasteiger partial charge in [0.1, 0.15) is 17.6 Å². The number of hydrogen-bond donors (Lipinski definition) is 0. The monoisotopic (exact) mass is 544 g/mol. The van der Waals surface area contributed by atoms with Crippen LogP contribution in [-0.2, 0) is 15.7 Å². The summed E-state index contributed by atoms with van der Waals surface area (Å²) in [5.41, 5.74) is -0.114. The number of furan rings is 1. The Morgan fingerprint density at radius 2 is 2.03 bits per heavy atom. The fourth-order valence-corrected chi connectivity index (χ4v) is 5.92. The van der Waals surface area contributed by atoms with Gasteiger partial charge in [-0.1, -0.05) is 29.5 Å². The molecule has 5 rings (SSSR count). The number of alkyl halides is 3. The van der Waals surface area contributed by atoms with Gasteiger partial charge in [-0.25, -0.2) is 9.79 Å². The third-order valence-corrected chi connectivity index (χ3v) is 7.61. The molecule has 0 aliphatic carbocycles. The largest absolute Gasteiger partial charge is 0.463 e. The van der Waals surface area contributed by atoms with Crippen LogP contribution in [0.1, 0.15) is 36.1 Å². The number of halogens is 3. The van der Waals surface area contributed by atoms with Gasteiger partial charge in [0.2, 0.25) is 0 Å². The Kier molecular flexibility index (Phi) is 6.50. The van der Waals surface area contributed by atoms with E-state index in [0.29, 0.717) is 26.4 Å². The molecule has 6 nitrogen and oxygen atoms in total. The van der Waals surface area contributed by atoms with Crippen molar-refractivity contribution >= 4 is 34.7 Å². The number of esters is 1. The van der Waals surface area contributed by atoms with Crippen molar-refractivity contribution in [1.29, 1.82) is 0 Å². The van der Waals surface area contributed by atoms with Crippen molar-refractivity contribution in [1.82, 2.24) is 4.57 Å². The average molecular weight is 545 g/mol. The first-order valence-corrected chi connectivity index (χ1v) is 12.9. The summed E-state index contributed by atoms with van der Waals surface area (Å²) in [6, 6.07) is 11.0. The van der Waals surface area contributed by atoms with E-state index in [4.69, 9.17) is 9.15 Å². The minimum atomic E-state index is -4.47. The summed E-state index contributed by atoms with van der Waals surface area (Å²) < 4.78 is 52.1. The van der Waals surface area contributed by atoms with Gasteiger partial charge in [-0.05, 0) is 49.6 Å². The normalized spacial score (nSPS) is 16.0. The minimum Gasteiger partial charge on any atom is -0.463 e. The molecule has 37 heavy (non-hydrogen) atoms. The lowest BCUT2D eigenvalue weighted by molar-refractivity contribution is -0.139. The van der Waals surface area contributed by atoms with E-state index in [-0.39, 0.29) is 23.5 Å². The number of aromatic nitrogens is 1. The fourth-order valence-electron chi connectivity index (χ4n) is 4.07.